The molecule has 1 aromatic heterocycles. The number of aliphatic carboxylic acids is 1. The fraction of sp³-hybridized carbons (Fsp3) is 0.265. The van der Waals surface area contributed by atoms with Crippen molar-refractivity contribution in [3.8, 4) is 11.1 Å². The smallest absolute Gasteiger partial charge is 0.303 e. The number of amides is 1. The number of aliphatic hydroxyl groups excluding tert-OH is 1. The largest absolute Gasteiger partial charge is 0.618 e. The first kappa shape index (κ1) is 31.2. The lowest BCUT2D eigenvalue weighted by Gasteiger charge is -2.36. The van der Waals surface area contributed by atoms with Crippen LogP contribution in [0.1, 0.15) is 53.9 Å². The van der Waals surface area contributed by atoms with Gasteiger partial charge in [-0.25, -0.2) is 0 Å². The summed E-state index contributed by atoms with van der Waals surface area (Å²) < 4.78 is 13.7. The van der Waals surface area contributed by atoms with Crippen LogP contribution in [0.2, 0.25) is 0 Å². The molecular formula is C34H34N2O7S. The number of benzene rings is 3. The van der Waals surface area contributed by atoms with Crippen LogP contribution in [0.4, 0.5) is 0 Å². The second-order valence-electron chi connectivity index (χ2n) is 10.5. The number of pyridine rings is 1. The van der Waals surface area contributed by atoms with Crippen LogP contribution in [-0.4, -0.2) is 33.9 Å². The van der Waals surface area contributed by atoms with Gasteiger partial charge in [0, 0.05) is 42.8 Å². The summed E-state index contributed by atoms with van der Waals surface area (Å²) in [5.74, 6) is -0.722. The van der Waals surface area contributed by atoms with Crippen molar-refractivity contribution < 1.29 is 34.0 Å². The molecule has 1 aliphatic rings. The van der Waals surface area contributed by atoms with E-state index >= 15 is 0 Å². The Kier molecular flexibility index (Phi) is 10.6. The molecule has 2 heterocycles. The van der Waals surface area contributed by atoms with E-state index in [-0.39, 0.29) is 37.6 Å². The second-order valence-corrected chi connectivity index (χ2v) is 11.6. The lowest BCUT2D eigenvalue weighted by molar-refractivity contribution is -0.645. The van der Waals surface area contributed by atoms with E-state index in [4.69, 9.17) is 14.6 Å². The molecule has 3 atom stereocenters. The summed E-state index contributed by atoms with van der Waals surface area (Å²) >= 11 is 1.45. The Morgan fingerprint density at radius 3 is 2.39 bits per heavy atom. The minimum atomic E-state index is -1.000. The molecule has 44 heavy (non-hydrogen) atoms. The highest BCUT2D eigenvalue weighted by atomic mass is 32.2. The number of rotatable bonds is 12. The lowest BCUT2D eigenvalue weighted by atomic mass is 9.99. The zero-order chi connectivity index (χ0) is 30.9. The molecule has 1 aliphatic heterocycles. The highest BCUT2D eigenvalue weighted by molar-refractivity contribution is 7.99. The Morgan fingerprint density at radius 1 is 0.886 bits per heavy atom. The summed E-state index contributed by atoms with van der Waals surface area (Å²) in [6, 6.07) is 28.8. The summed E-state index contributed by atoms with van der Waals surface area (Å²) in [6.45, 7) is 0.281. The van der Waals surface area contributed by atoms with Crippen LogP contribution in [0.5, 0.6) is 0 Å². The minimum Gasteiger partial charge on any atom is -0.618 e. The van der Waals surface area contributed by atoms with Crippen LogP contribution < -0.4 is 10.0 Å². The van der Waals surface area contributed by atoms with Crippen LogP contribution in [-0.2, 0) is 32.2 Å². The van der Waals surface area contributed by atoms with E-state index in [0.717, 1.165) is 38.1 Å². The SMILES string of the molecule is O=C(O)CCC(=O)NCc1cccc(-c2ccc(C3OC(CSc4cccc[n+]4[O-])CC(c4ccc(CO)cc4)O3)cc2)c1. The zero-order valence-electron chi connectivity index (χ0n) is 24.0. The van der Waals surface area contributed by atoms with Gasteiger partial charge >= 0.3 is 5.97 Å². The van der Waals surface area contributed by atoms with Crippen molar-refractivity contribution >= 4 is 23.6 Å². The molecule has 10 heteroatoms. The van der Waals surface area contributed by atoms with Crippen LogP contribution in [0.25, 0.3) is 11.1 Å². The van der Waals surface area contributed by atoms with E-state index < -0.39 is 12.3 Å². The van der Waals surface area contributed by atoms with Gasteiger partial charge in [-0.1, -0.05) is 78.5 Å². The Hall–Kier alpha value is -4.22. The van der Waals surface area contributed by atoms with Gasteiger partial charge in [0.1, 0.15) is 0 Å². The van der Waals surface area contributed by atoms with E-state index in [9.17, 15) is 19.9 Å². The number of aliphatic hydroxyl groups is 1. The van der Waals surface area contributed by atoms with E-state index in [1.807, 2.05) is 78.9 Å². The molecule has 1 fully saturated rings. The van der Waals surface area contributed by atoms with Crippen molar-refractivity contribution in [2.24, 2.45) is 0 Å². The summed E-state index contributed by atoms with van der Waals surface area (Å²) in [4.78, 5) is 22.6. The number of carboxylic acids is 1. The maximum Gasteiger partial charge on any atom is 0.303 e. The van der Waals surface area contributed by atoms with Gasteiger partial charge in [-0.15, -0.1) is 0 Å². The summed E-state index contributed by atoms with van der Waals surface area (Å²) in [6.07, 6.45) is 0.820. The first-order valence-electron chi connectivity index (χ1n) is 14.4. The van der Waals surface area contributed by atoms with Crippen LogP contribution in [0, 0.1) is 5.21 Å². The molecule has 0 radical (unpaired) electrons. The van der Waals surface area contributed by atoms with Crippen molar-refractivity contribution in [3.05, 3.63) is 125 Å². The molecule has 1 saturated heterocycles. The average Bonchev–Trinajstić information content (AvgIpc) is 3.06. The van der Waals surface area contributed by atoms with Gasteiger partial charge in [-0.3, -0.25) is 9.59 Å². The molecule has 3 N–H and O–H groups in total. The Balaban J connectivity index is 1.29. The molecule has 9 nitrogen and oxygen atoms in total. The van der Waals surface area contributed by atoms with Gasteiger partial charge in [-0.2, -0.15) is 4.73 Å². The highest BCUT2D eigenvalue weighted by Gasteiger charge is 2.32. The molecule has 1 amide bonds. The number of ether oxygens (including phenoxy) is 2. The van der Waals surface area contributed by atoms with E-state index in [1.54, 1.807) is 12.1 Å². The molecule has 5 rings (SSSR count). The number of hydrogen-bond acceptors (Lipinski definition) is 7. The Morgan fingerprint density at radius 2 is 1.66 bits per heavy atom. The van der Waals surface area contributed by atoms with Crippen molar-refractivity contribution in [1.82, 2.24) is 5.32 Å². The summed E-state index contributed by atoms with van der Waals surface area (Å²) in [7, 11) is 0. The van der Waals surface area contributed by atoms with Gasteiger partial charge in [0.15, 0.2) is 12.5 Å². The predicted octanol–water partition coefficient (Wildman–Crippen LogP) is 5.30. The fourth-order valence-corrected chi connectivity index (χ4v) is 5.86. The number of nitrogens with zero attached hydrogens (tertiary/aromatic N) is 1. The van der Waals surface area contributed by atoms with Crippen molar-refractivity contribution in [3.63, 3.8) is 0 Å². The summed E-state index contributed by atoms with van der Waals surface area (Å²) in [5.41, 5.74) is 5.55. The third kappa shape index (κ3) is 8.45. The molecule has 3 unspecified atom stereocenters. The van der Waals surface area contributed by atoms with E-state index in [1.165, 1.54) is 18.0 Å². The summed E-state index contributed by atoms with van der Waals surface area (Å²) in [5, 5.41) is 33.8. The van der Waals surface area contributed by atoms with Gasteiger partial charge in [0.2, 0.25) is 5.91 Å². The third-order valence-corrected chi connectivity index (χ3v) is 8.47. The minimum absolute atomic E-state index is 0.0280. The molecule has 0 bridgehead atoms. The predicted molar refractivity (Wildman–Crippen MR) is 165 cm³/mol. The molecule has 228 valence electrons. The first-order chi connectivity index (χ1) is 21.4. The number of thioether (sulfide) groups is 1. The second kappa shape index (κ2) is 15.0. The molecule has 4 aromatic rings. The fourth-order valence-electron chi connectivity index (χ4n) is 4.93. The molecule has 3 aromatic carbocycles. The molecule has 0 aliphatic carbocycles. The topological polar surface area (TPSA) is 132 Å². The molecular weight excluding hydrogens is 580 g/mol. The number of nitrogens with one attached hydrogen (secondary N) is 1. The van der Waals surface area contributed by atoms with Crippen molar-refractivity contribution in [2.75, 3.05) is 5.75 Å². The number of aromatic nitrogens is 1. The van der Waals surface area contributed by atoms with Crippen molar-refractivity contribution in [2.45, 2.75) is 55.9 Å². The third-order valence-electron chi connectivity index (χ3n) is 7.32. The van der Waals surface area contributed by atoms with E-state index in [0.29, 0.717) is 23.7 Å². The average molecular weight is 615 g/mol. The van der Waals surface area contributed by atoms with Gasteiger partial charge in [0.05, 0.1) is 25.2 Å². The number of carbonyl (C=O) groups is 2. The quantitative estimate of drug-likeness (QED) is 0.111. The van der Waals surface area contributed by atoms with Crippen LogP contribution in [0.3, 0.4) is 0 Å². The maximum absolute atomic E-state index is 12.2. The lowest BCUT2D eigenvalue weighted by Crippen LogP contribution is -2.32. The van der Waals surface area contributed by atoms with Crippen LogP contribution >= 0.6 is 11.8 Å². The monoisotopic (exact) mass is 614 g/mol. The van der Waals surface area contributed by atoms with Gasteiger partial charge < -0.3 is 30.2 Å². The molecule has 0 saturated carbocycles. The number of carbonyl (C=O) groups excluding carboxylic acids is 1. The number of hydrogen-bond donors (Lipinski definition) is 3. The van der Waals surface area contributed by atoms with Crippen molar-refractivity contribution in [1.29, 1.82) is 0 Å². The van der Waals surface area contributed by atoms with E-state index in [2.05, 4.69) is 5.32 Å². The van der Waals surface area contributed by atoms with Gasteiger partial charge in [-0.05, 0) is 39.9 Å². The number of carboxylic acid groups (broad SMARTS) is 1. The first-order valence-corrected chi connectivity index (χ1v) is 15.4. The Labute approximate surface area is 260 Å². The van der Waals surface area contributed by atoms with Crippen LogP contribution in [0.15, 0.2) is 102 Å². The normalized spacial score (nSPS) is 18.1. The van der Waals surface area contributed by atoms with Gasteiger partial charge in [0.25, 0.3) is 5.03 Å². The zero-order valence-corrected chi connectivity index (χ0v) is 24.8. The standard InChI is InChI=1S/C34H34N2O7S/c37-21-23-7-9-26(10-8-23)30-19-29(22-44-32-6-1-2-17-36(32)41)42-34(43-30)27-13-11-25(12-14-27)28-5-3-4-24(18-28)20-35-31(38)15-16-33(39)40/h1-14,17-18,29-30,34,37H,15-16,19-22H2,(H,35,38)(H,39,40). The highest BCUT2D eigenvalue weighted by Crippen LogP contribution is 2.39. The Bertz CT molecular complexity index is 1560. The maximum atomic E-state index is 12.2. The molecule has 0 spiro atoms.